The van der Waals surface area contributed by atoms with Crippen LogP contribution in [0.25, 0.3) is 0 Å². The second-order valence-corrected chi connectivity index (χ2v) is 4.56. The Labute approximate surface area is 70.7 Å². The highest BCUT2D eigenvalue weighted by atomic mass is 14.5. The molecule has 0 aromatic heterocycles. The first-order valence-corrected chi connectivity index (χ1v) is 4.65. The summed E-state index contributed by atoms with van der Waals surface area (Å²) in [5, 5.41) is 0. The van der Waals surface area contributed by atoms with Crippen molar-refractivity contribution in [1.29, 1.82) is 0 Å². The summed E-state index contributed by atoms with van der Waals surface area (Å²) in [6.07, 6.45) is 2.70. The summed E-state index contributed by atoms with van der Waals surface area (Å²) in [5.41, 5.74) is 1.90. The zero-order valence-corrected chi connectivity index (χ0v) is 8.28. The van der Waals surface area contributed by atoms with Gasteiger partial charge in [0.25, 0.3) is 0 Å². The van der Waals surface area contributed by atoms with Crippen LogP contribution in [0.4, 0.5) is 0 Å². The maximum absolute atomic E-state index is 4.04. The Hall–Kier alpha value is -0.260. The number of rotatable bonds is 2. The van der Waals surface area contributed by atoms with Crippen molar-refractivity contribution in [1.82, 2.24) is 0 Å². The zero-order chi connectivity index (χ0) is 8.65. The molecule has 1 aliphatic carbocycles. The van der Waals surface area contributed by atoms with Gasteiger partial charge in [-0.3, -0.25) is 0 Å². The molecule has 0 unspecified atom stereocenters. The number of hydrogen-bond donors (Lipinski definition) is 0. The van der Waals surface area contributed by atoms with Gasteiger partial charge in [0, 0.05) is 0 Å². The van der Waals surface area contributed by atoms with Crippen molar-refractivity contribution < 1.29 is 0 Å². The summed E-state index contributed by atoms with van der Waals surface area (Å²) < 4.78 is 0. The molecular formula is C11H20. The van der Waals surface area contributed by atoms with Crippen LogP contribution < -0.4 is 0 Å². The summed E-state index contributed by atoms with van der Waals surface area (Å²) in [5.74, 6) is 1.72. The van der Waals surface area contributed by atoms with Gasteiger partial charge in [0.2, 0.25) is 0 Å². The second-order valence-electron chi connectivity index (χ2n) is 4.56. The Balaban J connectivity index is 2.61. The first kappa shape index (κ1) is 8.83. The van der Waals surface area contributed by atoms with Crippen molar-refractivity contribution in [2.75, 3.05) is 0 Å². The van der Waals surface area contributed by atoms with E-state index in [4.69, 9.17) is 0 Å². The molecule has 0 aromatic carbocycles. The van der Waals surface area contributed by atoms with E-state index < -0.39 is 0 Å². The molecule has 1 saturated carbocycles. The Kier molecular flexibility index (Phi) is 2.13. The van der Waals surface area contributed by atoms with E-state index in [1.54, 1.807) is 0 Å². The summed E-state index contributed by atoms with van der Waals surface area (Å²) in [7, 11) is 0. The Morgan fingerprint density at radius 2 is 2.09 bits per heavy atom. The number of hydrogen-bond acceptors (Lipinski definition) is 0. The van der Waals surface area contributed by atoms with Gasteiger partial charge in [-0.2, -0.15) is 0 Å². The summed E-state index contributed by atoms with van der Waals surface area (Å²) in [4.78, 5) is 0. The smallest absolute Gasteiger partial charge is 0.0152 e. The van der Waals surface area contributed by atoms with Crippen LogP contribution in [0.15, 0.2) is 12.2 Å². The van der Waals surface area contributed by atoms with E-state index in [2.05, 4.69) is 34.3 Å². The Bertz CT molecular complexity index is 165. The quantitative estimate of drug-likeness (QED) is 0.530. The monoisotopic (exact) mass is 152 g/mol. The molecule has 0 saturated heterocycles. The summed E-state index contributed by atoms with van der Waals surface area (Å²) >= 11 is 0. The lowest BCUT2D eigenvalue weighted by Crippen LogP contribution is -2.44. The van der Waals surface area contributed by atoms with Crippen molar-refractivity contribution in [3.05, 3.63) is 12.2 Å². The van der Waals surface area contributed by atoms with Crippen molar-refractivity contribution in [2.45, 2.75) is 40.5 Å². The van der Waals surface area contributed by atoms with Crippen molar-refractivity contribution in [3.8, 4) is 0 Å². The maximum Gasteiger partial charge on any atom is -0.0152 e. The minimum absolute atomic E-state index is 0.528. The van der Waals surface area contributed by atoms with E-state index >= 15 is 0 Å². The van der Waals surface area contributed by atoms with Crippen molar-refractivity contribution in [2.24, 2.45) is 17.3 Å². The van der Waals surface area contributed by atoms with Crippen LogP contribution in [0.3, 0.4) is 0 Å². The minimum atomic E-state index is 0.528. The van der Waals surface area contributed by atoms with Crippen LogP contribution in [0.5, 0.6) is 0 Å². The van der Waals surface area contributed by atoms with E-state index in [9.17, 15) is 0 Å². The fourth-order valence-corrected chi connectivity index (χ4v) is 2.55. The molecule has 0 aromatic rings. The zero-order valence-electron chi connectivity index (χ0n) is 8.28. The van der Waals surface area contributed by atoms with E-state index in [0.717, 1.165) is 11.8 Å². The second kappa shape index (κ2) is 2.66. The topological polar surface area (TPSA) is 0 Å². The molecule has 11 heavy (non-hydrogen) atoms. The van der Waals surface area contributed by atoms with E-state index in [-0.39, 0.29) is 0 Å². The molecule has 0 heterocycles. The predicted octanol–water partition coefficient (Wildman–Crippen LogP) is 3.63. The van der Waals surface area contributed by atoms with E-state index in [0.29, 0.717) is 5.41 Å². The predicted molar refractivity (Wildman–Crippen MR) is 50.5 cm³/mol. The van der Waals surface area contributed by atoms with Crippen LogP contribution >= 0.6 is 0 Å². The van der Waals surface area contributed by atoms with Crippen LogP contribution in [0.1, 0.15) is 40.5 Å². The highest BCUT2D eigenvalue weighted by Gasteiger charge is 2.46. The molecule has 2 atom stereocenters. The lowest BCUT2D eigenvalue weighted by atomic mass is 9.52. The molecule has 0 amide bonds. The SMILES string of the molecule is C=C(C)[C@H]1C[C@@H](CC)C1(C)C. The molecule has 0 nitrogen and oxygen atoms in total. The van der Waals surface area contributed by atoms with Crippen LogP contribution in [-0.2, 0) is 0 Å². The van der Waals surface area contributed by atoms with Crippen LogP contribution in [0.2, 0.25) is 0 Å². The third kappa shape index (κ3) is 1.23. The molecule has 0 N–H and O–H groups in total. The van der Waals surface area contributed by atoms with Crippen molar-refractivity contribution in [3.63, 3.8) is 0 Å². The Morgan fingerprint density at radius 1 is 1.55 bits per heavy atom. The summed E-state index contributed by atoms with van der Waals surface area (Å²) in [6, 6.07) is 0. The normalized spacial score (nSPS) is 34.5. The third-order valence-electron chi connectivity index (χ3n) is 3.56. The van der Waals surface area contributed by atoms with Gasteiger partial charge in [-0.1, -0.05) is 39.3 Å². The number of allylic oxidation sites excluding steroid dienone is 1. The van der Waals surface area contributed by atoms with Gasteiger partial charge in [0.1, 0.15) is 0 Å². The lowest BCUT2D eigenvalue weighted by molar-refractivity contribution is 0.00216. The molecule has 1 rings (SSSR count). The minimum Gasteiger partial charge on any atom is -0.0998 e. The van der Waals surface area contributed by atoms with Crippen LogP contribution in [0, 0.1) is 17.3 Å². The molecule has 1 aliphatic rings. The summed E-state index contributed by atoms with van der Waals surface area (Å²) in [6.45, 7) is 13.3. The average Bonchev–Trinajstić information content (AvgIpc) is 1.85. The molecule has 1 fully saturated rings. The maximum atomic E-state index is 4.04. The third-order valence-corrected chi connectivity index (χ3v) is 3.56. The standard InChI is InChI=1S/C11H20/c1-6-9-7-10(8(2)3)11(9,4)5/h9-10H,2,6-7H2,1,3-5H3/t9-,10-/m1/s1. The molecule has 0 heteroatoms. The van der Waals surface area contributed by atoms with Gasteiger partial charge < -0.3 is 0 Å². The average molecular weight is 152 g/mol. The van der Waals surface area contributed by atoms with Gasteiger partial charge in [-0.25, -0.2) is 0 Å². The van der Waals surface area contributed by atoms with Crippen LogP contribution in [-0.4, -0.2) is 0 Å². The molecule has 0 bridgehead atoms. The van der Waals surface area contributed by atoms with E-state index in [1.165, 1.54) is 18.4 Å². The molecule has 0 aliphatic heterocycles. The fraction of sp³-hybridized carbons (Fsp3) is 0.818. The van der Waals surface area contributed by atoms with Gasteiger partial charge in [-0.05, 0) is 30.6 Å². The lowest BCUT2D eigenvalue weighted by Gasteiger charge is -2.53. The highest BCUT2D eigenvalue weighted by molar-refractivity contribution is 5.11. The highest BCUT2D eigenvalue weighted by Crippen LogP contribution is 2.55. The van der Waals surface area contributed by atoms with Gasteiger partial charge >= 0.3 is 0 Å². The van der Waals surface area contributed by atoms with E-state index in [1.807, 2.05) is 0 Å². The van der Waals surface area contributed by atoms with Crippen molar-refractivity contribution >= 4 is 0 Å². The molecular weight excluding hydrogens is 132 g/mol. The molecule has 64 valence electrons. The first-order valence-electron chi connectivity index (χ1n) is 4.65. The van der Waals surface area contributed by atoms with Gasteiger partial charge in [0.05, 0.1) is 0 Å². The van der Waals surface area contributed by atoms with Gasteiger partial charge in [-0.15, -0.1) is 0 Å². The van der Waals surface area contributed by atoms with Gasteiger partial charge in [0.15, 0.2) is 0 Å². The largest absolute Gasteiger partial charge is 0.0998 e. The molecule has 0 spiro atoms. The first-order chi connectivity index (χ1) is 5.00. The molecule has 0 radical (unpaired) electrons. The fourth-order valence-electron chi connectivity index (χ4n) is 2.55. The Morgan fingerprint density at radius 3 is 2.36 bits per heavy atom.